The van der Waals surface area contributed by atoms with Crippen molar-refractivity contribution in [3.63, 3.8) is 0 Å². The van der Waals surface area contributed by atoms with E-state index in [2.05, 4.69) is 6.92 Å². The van der Waals surface area contributed by atoms with E-state index in [1.165, 1.54) is 0 Å². The van der Waals surface area contributed by atoms with Crippen LogP contribution in [-0.2, 0) is 4.79 Å². The molecule has 0 amide bonds. The zero-order valence-corrected chi connectivity index (χ0v) is 9.35. The monoisotopic (exact) mass is 220 g/mol. The molecule has 86 valence electrons. The lowest BCUT2D eigenvalue weighted by molar-refractivity contribution is -0.135. The molecule has 0 aliphatic heterocycles. The molecule has 3 heteroatoms. The van der Waals surface area contributed by atoms with Crippen molar-refractivity contribution in [3.05, 3.63) is 35.9 Å². The number of rotatable bonds is 6. The van der Waals surface area contributed by atoms with E-state index >= 15 is 0 Å². The Labute approximate surface area is 95.4 Å². The van der Waals surface area contributed by atoms with Gasteiger partial charge in [0.1, 0.15) is 5.75 Å². The highest BCUT2D eigenvalue weighted by Gasteiger charge is 1.94. The highest BCUT2D eigenvalue weighted by atomic mass is 16.5. The molecule has 0 atom stereocenters. The number of carboxylic acid groups (broad SMARTS) is 1. The van der Waals surface area contributed by atoms with Crippen molar-refractivity contribution in [2.45, 2.75) is 19.8 Å². The summed E-state index contributed by atoms with van der Waals surface area (Å²) < 4.78 is 5.47. The minimum absolute atomic E-state index is 0.0417. The SMILES string of the molecule is CCCOc1cccc(C=CCC(=O)O)c1. The van der Waals surface area contributed by atoms with Crippen LogP contribution < -0.4 is 4.74 Å². The summed E-state index contributed by atoms with van der Waals surface area (Å²) in [6, 6.07) is 7.60. The molecule has 0 bridgehead atoms. The van der Waals surface area contributed by atoms with Crippen LogP contribution in [0.2, 0.25) is 0 Å². The third-order valence-electron chi connectivity index (χ3n) is 1.93. The van der Waals surface area contributed by atoms with Crippen LogP contribution in [0.5, 0.6) is 5.75 Å². The summed E-state index contributed by atoms with van der Waals surface area (Å²) in [6.45, 7) is 2.75. The maximum atomic E-state index is 10.3. The molecule has 3 nitrogen and oxygen atoms in total. The molecule has 1 rings (SSSR count). The zero-order valence-electron chi connectivity index (χ0n) is 9.35. The van der Waals surface area contributed by atoms with Crippen molar-refractivity contribution in [1.29, 1.82) is 0 Å². The molecule has 0 saturated carbocycles. The van der Waals surface area contributed by atoms with Crippen molar-refractivity contribution in [2.75, 3.05) is 6.61 Å². The van der Waals surface area contributed by atoms with Gasteiger partial charge in [0, 0.05) is 0 Å². The smallest absolute Gasteiger partial charge is 0.307 e. The Hall–Kier alpha value is -1.77. The summed E-state index contributed by atoms with van der Waals surface area (Å²) >= 11 is 0. The first kappa shape index (κ1) is 12.3. The Kier molecular flexibility index (Phi) is 5.12. The minimum Gasteiger partial charge on any atom is -0.494 e. The minimum atomic E-state index is -0.824. The number of aliphatic carboxylic acids is 1. The number of ether oxygens (including phenoxy) is 1. The van der Waals surface area contributed by atoms with Gasteiger partial charge in [-0.15, -0.1) is 0 Å². The fourth-order valence-electron chi connectivity index (χ4n) is 1.22. The van der Waals surface area contributed by atoms with E-state index in [9.17, 15) is 4.79 Å². The maximum Gasteiger partial charge on any atom is 0.307 e. The maximum absolute atomic E-state index is 10.3. The lowest BCUT2D eigenvalue weighted by Crippen LogP contribution is -1.94. The first-order valence-electron chi connectivity index (χ1n) is 5.33. The van der Waals surface area contributed by atoms with Gasteiger partial charge in [0.25, 0.3) is 0 Å². The number of benzene rings is 1. The number of hydrogen-bond acceptors (Lipinski definition) is 2. The fourth-order valence-corrected chi connectivity index (χ4v) is 1.22. The van der Waals surface area contributed by atoms with Crippen molar-refractivity contribution in [2.24, 2.45) is 0 Å². The third-order valence-corrected chi connectivity index (χ3v) is 1.93. The van der Waals surface area contributed by atoms with Gasteiger partial charge >= 0.3 is 5.97 Å². The summed E-state index contributed by atoms with van der Waals surface area (Å²) in [7, 11) is 0. The van der Waals surface area contributed by atoms with Crippen molar-refractivity contribution in [3.8, 4) is 5.75 Å². The van der Waals surface area contributed by atoms with E-state index in [1.807, 2.05) is 24.3 Å². The molecular weight excluding hydrogens is 204 g/mol. The fraction of sp³-hybridized carbons (Fsp3) is 0.308. The molecule has 0 aliphatic rings. The average molecular weight is 220 g/mol. The van der Waals surface area contributed by atoms with E-state index < -0.39 is 5.97 Å². The van der Waals surface area contributed by atoms with Gasteiger partial charge in [-0.2, -0.15) is 0 Å². The highest BCUT2D eigenvalue weighted by Crippen LogP contribution is 2.14. The van der Waals surface area contributed by atoms with Crippen molar-refractivity contribution >= 4 is 12.0 Å². The molecule has 16 heavy (non-hydrogen) atoms. The van der Waals surface area contributed by atoms with E-state index in [1.54, 1.807) is 12.2 Å². The number of carbonyl (C=O) groups is 1. The second-order valence-corrected chi connectivity index (χ2v) is 3.42. The van der Waals surface area contributed by atoms with E-state index in [-0.39, 0.29) is 6.42 Å². The zero-order chi connectivity index (χ0) is 11.8. The van der Waals surface area contributed by atoms with E-state index in [0.717, 1.165) is 17.7 Å². The quantitative estimate of drug-likeness (QED) is 0.801. The van der Waals surface area contributed by atoms with Gasteiger partial charge in [0.15, 0.2) is 0 Å². The predicted molar refractivity (Wildman–Crippen MR) is 63.5 cm³/mol. The summed E-state index contributed by atoms with van der Waals surface area (Å²) in [5.41, 5.74) is 0.954. The van der Waals surface area contributed by atoms with Gasteiger partial charge in [0.2, 0.25) is 0 Å². The standard InChI is InChI=1S/C13H16O3/c1-2-9-16-12-7-3-5-11(10-12)6-4-8-13(14)15/h3-7,10H,2,8-9H2,1H3,(H,14,15). The highest BCUT2D eigenvalue weighted by molar-refractivity contribution is 5.70. The van der Waals surface area contributed by atoms with Gasteiger partial charge in [-0.3, -0.25) is 4.79 Å². The molecule has 0 unspecified atom stereocenters. The summed E-state index contributed by atoms with van der Waals surface area (Å²) in [5.74, 6) is -0.00559. The van der Waals surface area contributed by atoms with Gasteiger partial charge < -0.3 is 9.84 Å². The van der Waals surface area contributed by atoms with Crippen LogP contribution in [-0.4, -0.2) is 17.7 Å². The lowest BCUT2D eigenvalue weighted by atomic mass is 10.2. The topological polar surface area (TPSA) is 46.5 Å². The molecular formula is C13H16O3. The Morgan fingerprint density at radius 2 is 2.31 bits per heavy atom. The largest absolute Gasteiger partial charge is 0.494 e. The molecule has 0 spiro atoms. The molecule has 0 heterocycles. The van der Waals surface area contributed by atoms with Gasteiger partial charge in [-0.1, -0.05) is 31.2 Å². The second-order valence-electron chi connectivity index (χ2n) is 3.42. The lowest BCUT2D eigenvalue weighted by Gasteiger charge is -2.04. The Bertz CT molecular complexity index is 369. The Morgan fingerprint density at radius 3 is 3.00 bits per heavy atom. The number of hydrogen-bond donors (Lipinski definition) is 1. The second kappa shape index (κ2) is 6.67. The van der Waals surface area contributed by atoms with Crippen LogP contribution in [0.25, 0.3) is 6.08 Å². The molecule has 1 aromatic carbocycles. The predicted octanol–water partition coefficient (Wildman–Crippen LogP) is 2.96. The first-order chi connectivity index (χ1) is 7.72. The van der Waals surface area contributed by atoms with Crippen molar-refractivity contribution in [1.82, 2.24) is 0 Å². The van der Waals surface area contributed by atoms with Gasteiger partial charge in [0.05, 0.1) is 13.0 Å². The van der Waals surface area contributed by atoms with E-state index in [0.29, 0.717) is 6.61 Å². The average Bonchev–Trinajstić information content (AvgIpc) is 2.26. The van der Waals surface area contributed by atoms with Crippen LogP contribution in [0, 0.1) is 0 Å². The molecule has 0 fully saturated rings. The van der Waals surface area contributed by atoms with E-state index in [4.69, 9.17) is 9.84 Å². The van der Waals surface area contributed by atoms with Crippen LogP contribution in [0.4, 0.5) is 0 Å². The summed E-state index contributed by atoms with van der Waals surface area (Å²) in [4.78, 5) is 10.3. The molecule has 1 aromatic rings. The van der Waals surface area contributed by atoms with Crippen LogP contribution in [0.1, 0.15) is 25.3 Å². The normalized spacial score (nSPS) is 10.6. The third kappa shape index (κ3) is 4.64. The summed E-state index contributed by atoms with van der Waals surface area (Å²) in [5, 5.41) is 8.49. The Morgan fingerprint density at radius 1 is 1.50 bits per heavy atom. The van der Waals surface area contributed by atoms with Crippen molar-refractivity contribution < 1.29 is 14.6 Å². The molecule has 0 radical (unpaired) electrons. The van der Waals surface area contributed by atoms with Crippen LogP contribution in [0.15, 0.2) is 30.3 Å². The molecule has 0 aliphatic carbocycles. The Balaban J connectivity index is 2.59. The number of carboxylic acids is 1. The van der Waals surface area contributed by atoms with Crippen LogP contribution in [0.3, 0.4) is 0 Å². The van der Waals surface area contributed by atoms with Gasteiger partial charge in [-0.25, -0.2) is 0 Å². The molecule has 0 saturated heterocycles. The molecule has 0 aromatic heterocycles. The van der Waals surface area contributed by atoms with Crippen LogP contribution >= 0.6 is 0 Å². The molecule has 1 N–H and O–H groups in total. The summed E-state index contributed by atoms with van der Waals surface area (Å²) in [6.07, 6.45) is 4.42. The first-order valence-corrected chi connectivity index (χ1v) is 5.33. The van der Waals surface area contributed by atoms with Gasteiger partial charge in [-0.05, 0) is 24.1 Å².